The van der Waals surface area contributed by atoms with E-state index in [9.17, 15) is 9.59 Å². The van der Waals surface area contributed by atoms with Crippen molar-refractivity contribution in [3.8, 4) is 0 Å². The number of ether oxygens (including phenoxy) is 2. The van der Waals surface area contributed by atoms with E-state index in [4.69, 9.17) is 9.47 Å². The fourth-order valence-corrected chi connectivity index (χ4v) is 1.55. The van der Waals surface area contributed by atoms with Gasteiger partial charge in [-0.25, -0.2) is 9.59 Å². The summed E-state index contributed by atoms with van der Waals surface area (Å²) in [6.45, 7) is 3.99. The molecule has 0 aliphatic carbocycles. The molecule has 4 nitrogen and oxygen atoms in total. The Kier molecular flexibility index (Phi) is 6.36. The number of hydrogen-bond acceptors (Lipinski definition) is 4. The number of rotatable bonds is 6. The van der Waals surface area contributed by atoms with E-state index in [-0.39, 0.29) is 13.2 Å². The van der Waals surface area contributed by atoms with Crippen molar-refractivity contribution in [1.82, 2.24) is 0 Å². The predicted octanol–water partition coefficient (Wildman–Crippen LogP) is 2.28. The van der Waals surface area contributed by atoms with Crippen LogP contribution in [0.15, 0.2) is 42.0 Å². The van der Waals surface area contributed by atoms with Crippen LogP contribution in [0.4, 0.5) is 0 Å². The molecule has 1 aromatic carbocycles. The molecule has 0 atom stereocenters. The highest BCUT2D eigenvalue weighted by Crippen LogP contribution is 2.10. The molecule has 0 fully saturated rings. The molecular weight excluding hydrogens is 244 g/mol. The van der Waals surface area contributed by atoms with Crippen LogP contribution in [-0.4, -0.2) is 25.2 Å². The summed E-state index contributed by atoms with van der Waals surface area (Å²) in [7, 11) is 0. The molecule has 4 heteroatoms. The van der Waals surface area contributed by atoms with Gasteiger partial charge in [-0.1, -0.05) is 30.3 Å². The highest BCUT2D eigenvalue weighted by atomic mass is 16.5. The van der Waals surface area contributed by atoms with Crippen LogP contribution in [0.5, 0.6) is 0 Å². The van der Waals surface area contributed by atoms with Crippen molar-refractivity contribution in [2.24, 2.45) is 0 Å². The second-order valence-corrected chi connectivity index (χ2v) is 3.80. The number of benzene rings is 1. The first kappa shape index (κ1) is 15.0. The van der Waals surface area contributed by atoms with Gasteiger partial charge in [0.1, 0.15) is 0 Å². The van der Waals surface area contributed by atoms with E-state index in [1.54, 1.807) is 13.8 Å². The van der Waals surface area contributed by atoms with Gasteiger partial charge in [-0.3, -0.25) is 0 Å². The molecule has 0 spiro atoms. The molecule has 19 heavy (non-hydrogen) atoms. The Morgan fingerprint density at radius 3 is 2.26 bits per heavy atom. The Hall–Kier alpha value is -2.10. The Morgan fingerprint density at radius 1 is 1.05 bits per heavy atom. The third-order valence-electron chi connectivity index (χ3n) is 2.35. The summed E-state index contributed by atoms with van der Waals surface area (Å²) in [4.78, 5) is 23.2. The third-order valence-corrected chi connectivity index (χ3v) is 2.35. The number of hydrogen-bond donors (Lipinski definition) is 0. The SMILES string of the molecule is CCOC(=O)/C=C(/Cc1ccccc1)C(=O)OCC. The van der Waals surface area contributed by atoms with Crippen LogP contribution in [-0.2, 0) is 25.5 Å². The Balaban J connectivity index is 2.86. The maximum absolute atomic E-state index is 11.8. The van der Waals surface area contributed by atoms with Gasteiger partial charge in [-0.2, -0.15) is 0 Å². The minimum Gasteiger partial charge on any atom is -0.463 e. The van der Waals surface area contributed by atoms with E-state index in [0.717, 1.165) is 5.56 Å². The van der Waals surface area contributed by atoms with Gasteiger partial charge < -0.3 is 9.47 Å². The molecule has 1 aromatic rings. The zero-order valence-corrected chi connectivity index (χ0v) is 11.2. The van der Waals surface area contributed by atoms with E-state index in [1.807, 2.05) is 30.3 Å². The smallest absolute Gasteiger partial charge is 0.334 e. The second kappa shape index (κ2) is 8.08. The van der Waals surface area contributed by atoms with Crippen molar-refractivity contribution >= 4 is 11.9 Å². The Labute approximate surface area is 113 Å². The molecule has 102 valence electrons. The van der Waals surface area contributed by atoms with Gasteiger partial charge >= 0.3 is 11.9 Å². The molecule has 0 aromatic heterocycles. The Morgan fingerprint density at radius 2 is 1.68 bits per heavy atom. The van der Waals surface area contributed by atoms with Gasteiger partial charge in [0.05, 0.1) is 13.2 Å². The Bertz CT molecular complexity index is 448. The van der Waals surface area contributed by atoms with Gasteiger partial charge in [0.2, 0.25) is 0 Å². The third kappa shape index (κ3) is 5.38. The number of carbonyl (C=O) groups excluding carboxylic acids is 2. The van der Waals surface area contributed by atoms with Crippen LogP contribution in [0.3, 0.4) is 0 Å². The van der Waals surface area contributed by atoms with Crippen LogP contribution in [0.25, 0.3) is 0 Å². The van der Waals surface area contributed by atoms with E-state index in [1.165, 1.54) is 6.08 Å². The number of carbonyl (C=O) groups is 2. The maximum Gasteiger partial charge on any atom is 0.334 e. The molecule has 0 heterocycles. The number of esters is 2. The van der Waals surface area contributed by atoms with E-state index >= 15 is 0 Å². The summed E-state index contributed by atoms with van der Waals surface area (Å²) in [6.07, 6.45) is 1.55. The molecule has 0 saturated heterocycles. The minimum absolute atomic E-state index is 0.272. The molecule has 1 rings (SSSR count). The van der Waals surface area contributed by atoms with Crippen LogP contribution in [0, 0.1) is 0 Å². The summed E-state index contributed by atoms with van der Waals surface area (Å²) in [6, 6.07) is 9.42. The van der Waals surface area contributed by atoms with Gasteiger partial charge in [0.25, 0.3) is 0 Å². The molecule has 0 saturated carbocycles. The van der Waals surface area contributed by atoms with Crippen LogP contribution >= 0.6 is 0 Å². The molecule has 0 radical (unpaired) electrons. The minimum atomic E-state index is -0.526. The molecule has 0 amide bonds. The lowest BCUT2D eigenvalue weighted by molar-refractivity contribution is -0.141. The van der Waals surface area contributed by atoms with Crippen molar-refractivity contribution < 1.29 is 19.1 Å². The molecule has 0 unspecified atom stereocenters. The van der Waals surface area contributed by atoms with Crippen molar-refractivity contribution in [3.05, 3.63) is 47.5 Å². The van der Waals surface area contributed by atoms with Crippen molar-refractivity contribution in [2.75, 3.05) is 13.2 Å². The lowest BCUT2D eigenvalue weighted by Crippen LogP contribution is -2.13. The monoisotopic (exact) mass is 262 g/mol. The summed E-state index contributed by atoms with van der Waals surface area (Å²) >= 11 is 0. The fraction of sp³-hybridized carbons (Fsp3) is 0.333. The first-order valence-corrected chi connectivity index (χ1v) is 6.25. The summed E-state index contributed by atoms with van der Waals surface area (Å²) in [5, 5.41) is 0. The van der Waals surface area contributed by atoms with Gasteiger partial charge in [-0.15, -0.1) is 0 Å². The van der Waals surface area contributed by atoms with Crippen molar-refractivity contribution in [3.63, 3.8) is 0 Å². The molecule has 0 aliphatic rings. The fourth-order valence-electron chi connectivity index (χ4n) is 1.55. The molecule has 0 bridgehead atoms. The largest absolute Gasteiger partial charge is 0.463 e. The van der Waals surface area contributed by atoms with Gasteiger partial charge in [0, 0.05) is 18.1 Å². The average molecular weight is 262 g/mol. The normalized spacial score (nSPS) is 10.9. The lowest BCUT2D eigenvalue weighted by Gasteiger charge is -2.07. The topological polar surface area (TPSA) is 52.6 Å². The van der Waals surface area contributed by atoms with E-state index in [0.29, 0.717) is 12.0 Å². The lowest BCUT2D eigenvalue weighted by atomic mass is 10.1. The van der Waals surface area contributed by atoms with Crippen LogP contribution < -0.4 is 0 Å². The highest BCUT2D eigenvalue weighted by molar-refractivity contribution is 5.96. The maximum atomic E-state index is 11.8. The van der Waals surface area contributed by atoms with Crippen LogP contribution in [0.1, 0.15) is 19.4 Å². The standard InChI is InChI=1S/C15H18O4/c1-3-18-14(16)11-13(15(17)19-4-2)10-12-8-6-5-7-9-12/h5-9,11H,3-4,10H2,1-2H3/b13-11-. The van der Waals surface area contributed by atoms with Crippen molar-refractivity contribution in [2.45, 2.75) is 20.3 Å². The first-order valence-electron chi connectivity index (χ1n) is 6.25. The quantitative estimate of drug-likeness (QED) is 0.583. The highest BCUT2D eigenvalue weighted by Gasteiger charge is 2.13. The second-order valence-electron chi connectivity index (χ2n) is 3.80. The molecule has 0 aliphatic heterocycles. The van der Waals surface area contributed by atoms with E-state index < -0.39 is 11.9 Å². The zero-order chi connectivity index (χ0) is 14.1. The van der Waals surface area contributed by atoms with Gasteiger partial charge in [0.15, 0.2) is 0 Å². The van der Waals surface area contributed by atoms with Gasteiger partial charge in [-0.05, 0) is 19.4 Å². The average Bonchev–Trinajstić information content (AvgIpc) is 2.40. The van der Waals surface area contributed by atoms with Crippen LogP contribution in [0.2, 0.25) is 0 Å². The summed E-state index contributed by atoms with van der Waals surface area (Å²) in [5.74, 6) is -1.01. The zero-order valence-electron chi connectivity index (χ0n) is 11.2. The molecular formula is C15H18O4. The first-order chi connectivity index (χ1) is 9.17. The van der Waals surface area contributed by atoms with Crippen molar-refractivity contribution in [1.29, 1.82) is 0 Å². The summed E-state index contributed by atoms with van der Waals surface area (Å²) < 4.78 is 9.76. The predicted molar refractivity (Wildman–Crippen MR) is 71.5 cm³/mol. The molecule has 0 N–H and O–H groups in total. The van der Waals surface area contributed by atoms with E-state index in [2.05, 4.69) is 0 Å². The summed E-state index contributed by atoms with van der Waals surface area (Å²) in [5.41, 5.74) is 1.23.